The molecule has 4 N–H and O–H groups in total. The lowest BCUT2D eigenvalue weighted by molar-refractivity contribution is 0.556. The maximum atomic E-state index is 6.01. The molecule has 1 heterocycles. The van der Waals surface area contributed by atoms with Gasteiger partial charge in [0, 0.05) is 0 Å². The third-order valence-electron chi connectivity index (χ3n) is 1.86. The number of nitrogens with one attached hydrogen (secondary N) is 4. The minimum absolute atomic E-state index is 0.456. The highest BCUT2D eigenvalue weighted by Crippen LogP contribution is 2.25. The first-order valence-electron chi connectivity index (χ1n) is 4.27. The van der Waals surface area contributed by atoms with Crippen LogP contribution in [0.25, 0.3) is 0 Å². The summed E-state index contributed by atoms with van der Waals surface area (Å²) in [7, 11) is 0. The SMILES string of the molecule is Clc1cccc(CN=C2NNNN2)c1Cl. The van der Waals surface area contributed by atoms with E-state index in [9.17, 15) is 0 Å². The van der Waals surface area contributed by atoms with Crippen LogP contribution in [0.15, 0.2) is 23.2 Å². The van der Waals surface area contributed by atoms with E-state index in [1.807, 2.05) is 12.1 Å². The van der Waals surface area contributed by atoms with Crippen molar-refractivity contribution in [2.75, 3.05) is 0 Å². The van der Waals surface area contributed by atoms with Crippen molar-refractivity contribution in [1.82, 2.24) is 21.9 Å². The van der Waals surface area contributed by atoms with E-state index in [1.165, 1.54) is 0 Å². The number of hydrazine groups is 3. The number of aliphatic imine (C=N–C) groups is 1. The zero-order valence-electron chi connectivity index (χ0n) is 7.64. The van der Waals surface area contributed by atoms with Crippen molar-refractivity contribution in [2.24, 2.45) is 4.99 Å². The fourth-order valence-electron chi connectivity index (χ4n) is 1.13. The van der Waals surface area contributed by atoms with Crippen molar-refractivity contribution in [3.8, 4) is 0 Å². The monoisotopic (exact) mass is 245 g/mol. The van der Waals surface area contributed by atoms with Gasteiger partial charge in [-0.15, -0.1) is 0 Å². The average molecular weight is 246 g/mol. The zero-order chi connectivity index (χ0) is 10.7. The van der Waals surface area contributed by atoms with E-state index in [1.54, 1.807) is 6.07 Å². The van der Waals surface area contributed by atoms with Crippen molar-refractivity contribution < 1.29 is 0 Å². The Kier molecular flexibility index (Phi) is 3.27. The first-order chi connectivity index (χ1) is 7.27. The van der Waals surface area contributed by atoms with Crippen LogP contribution in [0.1, 0.15) is 5.56 Å². The molecule has 1 aliphatic rings. The molecule has 1 saturated heterocycles. The molecule has 1 aromatic carbocycles. The molecule has 0 unspecified atom stereocenters. The number of rotatable bonds is 2. The average Bonchev–Trinajstić information content (AvgIpc) is 2.73. The van der Waals surface area contributed by atoms with E-state index < -0.39 is 0 Å². The quantitative estimate of drug-likeness (QED) is 0.628. The Morgan fingerprint density at radius 2 is 1.87 bits per heavy atom. The molecule has 15 heavy (non-hydrogen) atoms. The van der Waals surface area contributed by atoms with Crippen LogP contribution in [-0.2, 0) is 6.54 Å². The Bertz CT molecular complexity index is 385. The summed E-state index contributed by atoms with van der Waals surface area (Å²) in [5.41, 5.74) is 11.7. The molecule has 7 heteroatoms. The molecule has 0 aromatic heterocycles. The number of benzene rings is 1. The lowest BCUT2D eigenvalue weighted by Gasteiger charge is -2.02. The second-order valence-corrected chi connectivity index (χ2v) is 3.66. The largest absolute Gasteiger partial charge is 0.276 e. The molecular formula is C8H9Cl2N5. The molecular weight excluding hydrogens is 237 g/mol. The van der Waals surface area contributed by atoms with E-state index in [0.717, 1.165) is 5.56 Å². The number of hydrogen-bond donors (Lipinski definition) is 4. The van der Waals surface area contributed by atoms with Gasteiger partial charge in [0.15, 0.2) is 0 Å². The first-order valence-corrected chi connectivity index (χ1v) is 5.02. The summed E-state index contributed by atoms with van der Waals surface area (Å²) in [4.78, 5) is 4.22. The third-order valence-corrected chi connectivity index (χ3v) is 2.72. The van der Waals surface area contributed by atoms with Gasteiger partial charge < -0.3 is 0 Å². The summed E-state index contributed by atoms with van der Waals surface area (Å²) in [5.74, 6) is 0.603. The van der Waals surface area contributed by atoms with Crippen molar-refractivity contribution in [2.45, 2.75) is 6.54 Å². The molecule has 1 aromatic rings. The summed E-state index contributed by atoms with van der Waals surface area (Å²) in [5, 5.41) is 1.08. The van der Waals surface area contributed by atoms with Gasteiger partial charge in [-0.05, 0) is 11.6 Å². The van der Waals surface area contributed by atoms with Crippen molar-refractivity contribution >= 4 is 29.2 Å². The van der Waals surface area contributed by atoms with Crippen LogP contribution in [-0.4, -0.2) is 5.96 Å². The molecule has 1 fully saturated rings. The Labute approximate surface area is 96.8 Å². The number of guanidine groups is 1. The summed E-state index contributed by atoms with van der Waals surface area (Å²) < 4.78 is 0. The van der Waals surface area contributed by atoms with E-state index in [0.29, 0.717) is 22.5 Å². The van der Waals surface area contributed by atoms with Crippen molar-refractivity contribution in [3.63, 3.8) is 0 Å². The van der Waals surface area contributed by atoms with E-state index in [-0.39, 0.29) is 0 Å². The fraction of sp³-hybridized carbons (Fsp3) is 0.125. The third kappa shape index (κ3) is 2.51. The lowest BCUT2D eigenvalue weighted by atomic mass is 10.2. The van der Waals surface area contributed by atoms with E-state index in [4.69, 9.17) is 23.2 Å². The minimum atomic E-state index is 0.456. The van der Waals surface area contributed by atoms with Crippen LogP contribution in [0.5, 0.6) is 0 Å². The predicted octanol–water partition coefficient (Wildman–Crippen LogP) is 0.966. The molecule has 5 nitrogen and oxygen atoms in total. The van der Waals surface area contributed by atoms with Crippen LogP contribution >= 0.6 is 23.2 Å². The molecule has 0 amide bonds. The Morgan fingerprint density at radius 1 is 1.13 bits per heavy atom. The lowest BCUT2D eigenvalue weighted by Crippen LogP contribution is -2.33. The zero-order valence-corrected chi connectivity index (χ0v) is 9.15. The van der Waals surface area contributed by atoms with Gasteiger partial charge in [0.1, 0.15) is 0 Å². The highest BCUT2D eigenvalue weighted by atomic mass is 35.5. The fourth-order valence-corrected chi connectivity index (χ4v) is 1.51. The van der Waals surface area contributed by atoms with Crippen molar-refractivity contribution in [3.05, 3.63) is 33.8 Å². The van der Waals surface area contributed by atoms with Gasteiger partial charge >= 0.3 is 0 Å². The molecule has 0 bridgehead atoms. The van der Waals surface area contributed by atoms with Gasteiger partial charge in [-0.3, -0.25) is 10.9 Å². The number of halogens is 2. The molecule has 0 radical (unpaired) electrons. The standard InChI is InChI=1S/C8H9Cl2N5/c9-6-3-1-2-5(7(6)10)4-11-8-12-14-15-13-8/h1-3,14-15H,4H2,(H2,11,12,13). The van der Waals surface area contributed by atoms with Gasteiger partial charge in [-0.25, -0.2) is 4.99 Å². The highest BCUT2D eigenvalue weighted by molar-refractivity contribution is 6.42. The minimum Gasteiger partial charge on any atom is -0.276 e. The van der Waals surface area contributed by atoms with E-state index >= 15 is 0 Å². The van der Waals surface area contributed by atoms with Crippen LogP contribution in [0.3, 0.4) is 0 Å². The van der Waals surface area contributed by atoms with Gasteiger partial charge in [-0.1, -0.05) is 35.3 Å². The topological polar surface area (TPSA) is 60.5 Å². The maximum absolute atomic E-state index is 6.01. The van der Waals surface area contributed by atoms with Crippen LogP contribution in [0.4, 0.5) is 0 Å². The van der Waals surface area contributed by atoms with E-state index in [2.05, 4.69) is 26.9 Å². The second-order valence-electron chi connectivity index (χ2n) is 2.88. The van der Waals surface area contributed by atoms with Gasteiger partial charge in [0.05, 0.1) is 16.6 Å². The summed E-state index contributed by atoms with van der Waals surface area (Å²) in [6.45, 7) is 0.456. The van der Waals surface area contributed by atoms with Gasteiger partial charge in [0.2, 0.25) is 5.96 Å². The Hall–Kier alpha value is -1.01. The highest BCUT2D eigenvalue weighted by Gasteiger charge is 2.06. The summed E-state index contributed by atoms with van der Waals surface area (Å²) in [6, 6.07) is 5.47. The second kappa shape index (κ2) is 4.67. The van der Waals surface area contributed by atoms with Crippen LogP contribution in [0.2, 0.25) is 10.0 Å². The number of hydrogen-bond acceptors (Lipinski definition) is 3. The molecule has 80 valence electrons. The molecule has 0 atom stereocenters. The van der Waals surface area contributed by atoms with Gasteiger partial charge in [0.25, 0.3) is 0 Å². The first kappa shape index (κ1) is 10.5. The molecule has 1 aliphatic heterocycles. The molecule has 0 spiro atoms. The summed E-state index contributed by atoms with van der Waals surface area (Å²) in [6.07, 6.45) is 0. The number of nitrogens with zero attached hydrogens (tertiary/aromatic N) is 1. The van der Waals surface area contributed by atoms with Crippen molar-refractivity contribution in [1.29, 1.82) is 0 Å². The molecule has 0 saturated carbocycles. The predicted molar refractivity (Wildman–Crippen MR) is 60.1 cm³/mol. The smallest absolute Gasteiger partial charge is 0.223 e. The summed E-state index contributed by atoms with van der Waals surface area (Å²) >= 11 is 11.9. The normalized spacial score (nSPS) is 14.7. The Balaban J connectivity index is 2.10. The van der Waals surface area contributed by atoms with Gasteiger partial charge in [-0.2, -0.15) is 11.1 Å². The Morgan fingerprint density at radius 3 is 2.60 bits per heavy atom. The molecule has 0 aliphatic carbocycles. The maximum Gasteiger partial charge on any atom is 0.223 e. The van der Waals surface area contributed by atoms with Crippen LogP contribution < -0.4 is 21.9 Å². The molecule has 2 rings (SSSR count). The van der Waals surface area contributed by atoms with Crippen LogP contribution in [0, 0.1) is 0 Å².